The smallest absolute Gasteiger partial charge is 0.221 e. The minimum absolute atomic E-state index is 0.153. The van der Waals surface area contributed by atoms with Crippen LogP contribution in [0.25, 0.3) is 0 Å². The first-order valence-electron chi connectivity index (χ1n) is 8.17. The summed E-state index contributed by atoms with van der Waals surface area (Å²) in [5, 5.41) is 5.31. The molecule has 1 amide bonds. The van der Waals surface area contributed by atoms with Gasteiger partial charge in [0.25, 0.3) is 0 Å². The lowest BCUT2D eigenvalue weighted by Gasteiger charge is -2.20. The van der Waals surface area contributed by atoms with Gasteiger partial charge in [0.1, 0.15) is 11.5 Å². The molecule has 0 aromatic heterocycles. The molecule has 0 heterocycles. The summed E-state index contributed by atoms with van der Waals surface area (Å²) in [5.41, 5.74) is 1.19. The van der Waals surface area contributed by atoms with Crippen LogP contribution in [0.1, 0.15) is 37.5 Å². The van der Waals surface area contributed by atoms with Crippen molar-refractivity contribution >= 4 is 17.3 Å². The Bertz CT molecular complexity index is 742. The summed E-state index contributed by atoms with van der Waals surface area (Å²) in [6.45, 7) is 4.94. The summed E-state index contributed by atoms with van der Waals surface area (Å²) in [6.07, 6.45) is 0.611. The van der Waals surface area contributed by atoms with Crippen molar-refractivity contribution in [2.45, 2.75) is 40.2 Å². The van der Waals surface area contributed by atoms with Crippen molar-refractivity contribution in [1.82, 2.24) is 0 Å². The van der Waals surface area contributed by atoms with E-state index in [1.807, 2.05) is 0 Å². The van der Waals surface area contributed by atoms with Crippen molar-refractivity contribution in [2.75, 3.05) is 10.6 Å². The van der Waals surface area contributed by atoms with Gasteiger partial charge < -0.3 is 10.6 Å². The molecule has 0 saturated heterocycles. The van der Waals surface area contributed by atoms with Crippen LogP contribution >= 0.6 is 0 Å². The van der Waals surface area contributed by atoms with Gasteiger partial charge in [-0.05, 0) is 30.5 Å². The van der Waals surface area contributed by atoms with E-state index in [1.54, 1.807) is 26.0 Å². The Morgan fingerprint density at radius 2 is 1.44 bits per heavy atom. The van der Waals surface area contributed by atoms with Crippen LogP contribution in [0, 0.1) is 17.5 Å². The molecule has 0 fully saturated rings. The first-order chi connectivity index (χ1) is 11.9. The predicted octanol–water partition coefficient (Wildman–Crippen LogP) is 4.80. The van der Waals surface area contributed by atoms with E-state index in [-0.39, 0.29) is 40.8 Å². The number of hydrogen-bond donors (Lipinski definition) is 2. The van der Waals surface area contributed by atoms with Crippen molar-refractivity contribution in [3.63, 3.8) is 0 Å². The second-order valence-corrected chi connectivity index (χ2v) is 5.70. The molecule has 2 rings (SSSR count). The highest BCUT2D eigenvalue weighted by Gasteiger charge is 2.23. The molecule has 25 heavy (non-hydrogen) atoms. The molecule has 3 nitrogen and oxygen atoms in total. The van der Waals surface area contributed by atoms with Crippen molar-refractivity contribution in [1.29, 1.82) is 0 Å². The molecule has 0 spiro atoms. The van der Waals surface area contributed by atoms with Gasteiger partial charge in [-0.15, -0.1) is 0 Å². The van der Waals surface area contributed by atoms with Crippen LogP contribution in [0.2, 0.25) is 0 Å². The second-order valence-electron chi connectivity index (χ2n) is 5.70. The molecule has 2 aromatic carbocycles. The molecule has 0 aliphatic rings. The van der Waals surface area contributed by atoms with E-state index in [2.05, 4.69) is 10.6 Å². The summed E-state index contributed by atoms with van der Waals surface area (Å²) in [4.78, 5) is 11.4. The number of amides is 1. The topological polar surface area (TPSA) is 41.1 Å². The zero-order valence-corrected chi connectivity index (χ0v) is 14.5. The molecule has 0 atom stereocenters. The van der Waals surface area contributed by atoms with E-state index in [9.17, 15) is 18.0 Å². The highest BCUT2D eigenvalue weighted by molar-refractivity contribution is 5.91. The number of carbonyl (C=O) groups is 1. The van der Waals surface area contributed by atoms with Crippen molar-refractivity contribution in [3.8, 4) is 0 Å². The molecular weight excluding hydrogens is 329 g/mol. The van der Waals surface area contributed by atoms with Crippen LogP contribution in [0.15, 0.2) is 24.3 Å². The van der Waals surface area contributed by atoms with Crippen LogP contribution in [0.3, 0.4) is 0 Å². The summed E-state index contributed by atoms with van der Waals surface area (Å²) in [5.74, 6) is -2.19. The van der Waals surface area contributed by atoms with Gasteiger partial charge in [0, 0.05) is 24.6 Å². The Hall–Kier alpha value is -2.50. The maximum atomic E-state index is 14.8. The summed E-state index contributed by atoms with van der Waals surface area (Å²) in [7, 11) is 0. The fraction of sp³-hybridized carbons (Fsp3) is 0.316. The normalized spacial score (nSPS) is 10.6. The molecule has 2 aromatic rings. The van der Waals surface area contributed by atoms with Gasteiger partial charge in [0.2, 0.25) is 5.91 Å². The SMILES string of the molecule is CCc1c(F)c(NCc2ccc(F)cc2)c(F)c(CC)c1NC(C)=O. The molecule has 0 aliphatic carbocycles. The van der Waals surface area contributed by atoms with Gasteiger partial charge in [-0.2, -0.15) is 0 Å². The van der Waals surface area contributed by atoms with Crippen molar-refractivity contribution in [2.24, 2.45) is 0 Å². The number of rotatable bonds is 6. The number of carbonyl (C=O) groups excluding carboxylic acids is 1. The van der Waals surface area contributed by atoms with E-state index in [4.69, 9.17) is 0 Å². The number of halogens is 3. The number of nitrogens with one attached hydrogen (secondary N) is 2. The Balaban J connectivity index is 2.43. The summed E-state index contributed by atoms with van der Waals surface area (Å²) < 4.78 is 42.6. The lowest BCUT2D eigenvalue weighted by molar-refractivity contribution is -0.114. The van der Waals surface area contributed by atoms with Gasteiger partial charge in [0.15, 0.2) is 11.6 Å². The zero-order valence-electron chi connectivity index (χ0n) is 14.5. The Morgan fingerprint density at radius 3 is 1.88 bits per heavy atom. The van der Waals surface area contributed by atoms with Crippen LogP contribution in [-0.4, -0.2) is 5.91 Å². The molecular formula is C19H21F3N2O. The van der Waals surface area contributed by atoms with Crippen molar-refractivity contribution < 1.29 is 18.0 Å². The average Bonchev–Trinajstić information content (AvgIpc) is 2.56. The largest absolute Gasteiger partial charge is 0.376 e. The first-order valence-corrected chi connectivity index (χ1v) is 8.17. The molecule has 0 saturated carbocycles. The lowest BCUT2D eigenvalue weighted by atomic mass is 9.99. The molecule has 134 valence electrons. The fourth-order valence-electron chi connectivity index (χ4n) is 2.74. The van der Waals surface area contributed by atoms with Gasteiger partial charge in [-0.25, -0.2) is 13.2 Å². The fourth-order valence-corrected chi connectivity index (χ4v) is 2.74. The third-order valence-corrected chi connectivity index (χ3v) is 3.96. The number of benzene rings is 2. The lowest BCUT2D eigenvalue weighted by Crippen LogP contribution is -2.16. The number of hydrogen-bond acceptors (Lipinski definition) is 2. The van der Waals surface area contributed by atoms with Gasteiger partial charge in [0.05, 0.1) is 5.69 Å². The highest BCUT2D eigenvalue weighted by Crippen LogP contribution is 2.35. The van der Waals surface area contributed by atoms with E-state index < -0.39 is 11.6 Å². The van der Waals surface area contributed by atoms with Gasteiger partial charge in [-0.3, -0.25) is 4.79 Å². The maximum absolute atomic E-state index is 14.8. The molecule has 0 radical (unpaired) electrons. The predicted molar refractivity (Wildman–Crippen MR) is 93.1 cm³/mol. The third kappa shape index (κ3) is 4.13. The van der Waals surface area contributed by atoms with Crippen LogP contribution in [0.5, 0.6) is 0 Å². The van der Waals surface area contributed by atoms with E-state index in [0.717, 1.165) is 0 Å². The maximum Gasteiger partial charge on any atom is 0.221 e. The summed E-state index contributed by atoms with van der Waals surface area (Å²) >= 11 is 0. The summed E-state index contributed by atoms with van der Waals surface area (Å²) in [6, 6.07) is 5.67. The zero-order chi connectivity index (χ0) is 18.6. The monoisotopic (exact) mass is 350 g/mol. The van der Waals surface area contributed by atoms with E-state index in [1.165, 1.54) is 19.1 Å². The van der Waals surface area contributed by atoms with E-state index in [0.29, 0.717) is 18.4 Å². The molecule has 6 heteroatoms. The minimum Gasteiger partial charge on any atom is -0.376 e. The molecule has 0 bridgehead atoms. The molecule has 0 unspecified atom stereocenters. The highest BCUT2D eigenvalue weighted by atomic mass is 19.1. The van der Waals surface area contributed by atoms with Gasteiger partial charge >= 0.3 is 0 Å². The quantitative estimate of drug-likeness (QED) is 0.786. The van der Waals surface area contributed by atoms with Crippen LogP contribution < -0.4 is 10.6 Å². The third-order valence-electron chi connectivity index (χ3n) is 3.96. The molecule has 2 N–H and O–H groups in total. The minimum atomic E-state index is -0.719. The second kappa shape index (κ2) is 8.05. The van der Waals surface area contributed by atoms with Gasteiger partial charge in [-0.1, -0.05) is 26.0 Å². The Morgan fingerprint density at radius 1 is 0.920 bits per heavy atom. The average molecular weight is 350 g/mol. The Kier molecular flexibility index (Phi) is 6.07. The Labute approximate surface area is 145 Å². The van der Waals surface area contributed by atoms with E-state index >= 15 is 0 Å². The van der Waals surface area contributed by atoms with Crippen LogP contribution in [0.4, 0.5) is 24.5 Å². The molecule has 0 aliphatic heterocycles. The van der Waals surface area contributed by atoms with Crippen molar-refractivity contribution in [3.05, 3.63) is 58.4 Å². The standard InChI is InChI=1S/C19H21F3N2O/c1-4-14-16(21)19(23-10-12-6-8-13(20)9-7-12)17(22)15(5-2)18(14)24-11(3)25/h6-9,23H,4-5,10H2,1-3H3,(H,24,25). The van der Waals surface area contributed by atoms with Crippen LogP contribution in [-0.2, 0) is 24.2 Å². The number of anilines is 2. The first kappa shape index (κ1) is 18.8.